The third-order valence-corrected chi connectivity index (χ3v) is 8.65. The van der Waals surface area contributed by atoms with Crippen LogP contribution in [0.2, 0.25) is 0 Å². The maximum atomic E-state index is 13.1. The molecule has 1 fully saturated rings. The fraction of sp³-hybridized carbons (Fsp3) is 0.259. The van der Waals surface area contributed by atoms with Gasteiger partial charge in [-0.05, 0) is 43.4 Å². The number of sulfonamides is 1. The van der Waals surface area contributed by atoms with Crippen molar-refractivity contribution < 1.29 is 23.1 Å². The van der Waals surface area contributed by atoms with Gasteiger partial charge >= 0.3 is 0 Å². The number of aromatic nitrogens is 2. The Bertz CT molecular complexity index is 1580. The van der Waals surface area contributed by atoms with E-state index >= 15 is 0 Å². The van der Waals surface area contributed by atoms with E-state index < -0.39 is 10.0 Å². The van der Waals surface area contributed by atoms with Gasteiger partial charge in [0.1, 0.15) is 10.6 Å². The summed E-state index contributed by atoms with van der Waals surface area (Å²) in [4.78, 5) is 22.4. The second-order valence-electron chi connectivity index (χ2n) is 9.19. The summed E-state index contributed by atoms with van der Waals surface area (Å²) in [5, 5.41) is 14.1. The number of aromatic hydroxyl groups is 1. The number of para-hydroxylation sites is 1. The molecule has 5 rings (SSSR count). The fourth-order valence-corrected chi connectivity index (χ4v) is 5.93. The lowest BCUT2D eigenvalue weighted by molar-refractivity contribution is 0.0951. The Morgan fingerprint density at radius 1 is 1.10 bits per heavy atom. The molecule has 0 radical (unpaired) electrons. The van der Waals surface area contributed by atoms with Crippen LogP contribution in [0, 0.1) is 0 Å². The number of nitrogens with one attached hydrogen (secondary N) is 2. The second kappa shape index (κ2) is 11.6. The lowest BCUT2D eigenvalue weighted by atomic mass is 10.1. The zero-order valence-corrected chi connectivity index (χ0v) is 23.2. The molecule has 0 unspecified atom stereocenters. The van der Waals surface area contributed by atoms with Gasteiger partial charge in [-0.3, -0.25) is 9.78 Å². The summed E-state index contributed by atoms with van der Waals surface area (Å²) in [5.41, 5.74) is 2.65. The van der Waals surface area contributed by atoms with E-state index in [0.717, 1.165) is 5.56 Å². The van der Waals surface area contributed by atoms with Crippen molar-refractivity contribution in [1.82, 2.24) is 24.5 Å². The van der Waals surface area contributed by atoms with Crippen LogP contribution in [-0.2, 0) is 16.6 Å². The Labute approximate surface area is 233 Å². The molecule has 39 heavy (non-hydrogen) atoms. The average molecular weight is 572 g/mol. The van der Waals surface area contributed by atoms with Crippen LogP contribution in [0.4, 0.5) is 0 Å². The Balaban J connectivity index is 0.00000353. The van der Waals surface area contributed by atoms with E-state index in [9.17, 15) is 18.3 Å². The predicted octanol–water partition coefficient (Wildman–Crippen LogP) is 3.23. The molecule has 0 aliphatic carbocycles. The summed E-state index contributed by atoms with van der Waals surface area (Å²) in [6.07, 6.45) is 1.31. The molecule has 12 heteroatoms. The van der Waals surface area contributed by atoms with Crippen molar-refractivity contribution in [3.05, 3.63) is 71.9 Å². The lowest BCUT2D eigenvalue weighted by Crippen LogP contribution is -2.47. The first-order valence-electron chi connectivity index (χ1n) is 12.2. The molecular weight excluding hydrogens is 542 g/mol. The van der Waals surface area contributed by atoms with E-state index in [1.807, 2.05) is 31.3 Å². The van der Waals surface area contributed by atoms with Crippen molar-refractivity contribution in [3.63, 3.8) is 0 Å². The highest BCUT2D eigenvalue weighted by Gasteiger charge is 2.28. The molecule has 3 N–H and O–H groups in total. The number of carbonyl (C=O) groups is 1. The molecule has 1 aliphatic heterocycles. The number of hydrogen-bond acceptors (Lipinski definition) is 7. The number of nitrogens with zero attached hydrogens (tertiary/aromatic N) is 3. The number of fused-ring (bicyclic) bond motifs is 1. The smallest absolute Gasteiger partial charge is 0.251 e. The van der Waals surface area contributed by atoms with E-state index in [-0.39, 0.29) is 35.6 Å². The molecule has 3 heterocycles. The van der Waals surface area contributed by atoms with Crippen LogP contribution in [0.25, 0.3) is 22.2 Å². The van der Waals surface area contributed by atoms with Crippen LogP contribution in [0.15, 0.2) is 65.7 Å². The third-order valence-electron chi connectivity index (χ3n) is 6.77. The number of piperazine rings is 1. The van der Waals surface area contributed by atoms with Crippen molar-refractivity contribution in [2.24, 2.45) is 0 Å². The predicted molar refractivity (Wildman–Crippen MR) is 151 cm³/mol. The van der Waals surface area contributed by atoms with Crippen molar-refractivity contribution in [2.45, 2.75) is 11.4 Å². The van der Waals surface area contributed by atoms with E-state index in [0.29, 0.717) is 59.7 Å². The number of ether oxygens (including phenoxy) is 1. The number of amides is 1. The minimum atomic E-state index is -3.66. The molecule has 0 spiro atoms. The molecule has 0 atom stereocenters. The van der Waals surface area contributed by atoms with Gasteiger partial charge in [0.2, 0.25) is 10.0 Å². The Morgan fingerprint density at radius 2 is 1.85 bits per heavy atom. The summed E-state index contributed by atoms with van der Waals surface area (Å²) in [5.74, 6) is 0.282. The summed E-state index contributed by atoms with van der Waals surface area (Å²) in [6.45, 7) is 2.47. The molecule has 0 bridgehead atoms. The summed E-state index contributed by atoms with van der Waals surface area (Å²) in [6, 6.07) is 15.6. The molecule has 206 valence electrons. The van der Waals surface area contributed by atoms with Crippen LogP contribution in [0.5, 0.6) is 11.6 Å². The second-order valence-corrected chi connectivity index (χ2v) is 11.1. The van der Waals surface area contributed by atoms with Crippen LogP contribution in [0.3, 0.4) is 0 Å². The van der Waals surface area contributed by atoms with Gasteiger partial charge in [-0.15, -0.1) is 12.4 Å². The number of benzene rings is 2. The number of carbonyl (C=O) groups excluding carboxylic acids is 1. The number of pyridine rings is 1. The number of hydrogen-bond donors (Lipinski definition) is 3. The zero-order chi connectivity index (χ0) is 26.9. The van der Waals surface area contributed by atoms with Gasteiger partial charge in [0.15, 0.2) is 5.88 Å². The molecular formula is C27H30ClN5O5S. The highest BCUT2D eigenvalue weighted by molar-refractivity contribution is 7.89. The van der Waals surface area contributed by atoms with Gasteiger partial charge in [0.25, 0.3) is 5.91 Å². The highest BCUT2D eigenvalue weighted by Crippen LogP contribution is 2.36. The number of aromatic amines is 1. The molecule has 2 aromatic carbocycles. The number of methoxy groups -OCH3 is 1. The van der Waals surface area contributed by atoms with Gasteiger partial charge < -0.3 is 25.0 Å². The number of rotatable bonds is 7. The third kappa shape index (κ3) is 5.71. The van der Waals surface area contributed by atoms with Crippen molar-refractivity contribution in [3.8, 4) is 22.9 Å². The monoisotopic (exact) mass is 571 g/mol. The minimum Gasteiger partial charge on any atom is -0.496 e. The van der Waals surface area contributed by atoms with E-state index in [1.54, 1.807) is 31.4 Å². The van der Waals surface area contributed by atoms with Crippen molar-refractivity contribution in [1.29, 1.82) is 0 Å². The van der Waals surface area contributed by atoms with Crippen LogP contribution < -0.4 is 10.1 Å². The van der Waals surface area contributed by atoms with E-state index in [4.69, 9.17) is 4.74 Å². The summed E-state index contributed by atoms with van der Waals surface area (Å²) < 4.78 is 32.9. The first-order chi connectivity index (χ1) is 18.3. The maximum Gasteiger partial charge on any atom is 0.251 e. The first kappa shape index (κ1) is 28.4. The van der Waals surface area contributed by atoms with Crippen molar-refractivity contribution in [2.75, 3.05) is 40.3 Å². The Kier molecular flexibility index (Phi) is 8.45. The lowest BCUT2D eigenvalue weighted by Gasteiger charge is -2.31. The molecule has 0 saturated carbocycles. The molecule has 2 aromatic heterocycles. The maximum absolute atomic E-state index is 13.1. The molecule has 1 aliphatic rings. The van der Waals surface area contributed by atoms with Gasteiger partial charge in [0.05, 0.1) is 18.4 Å². The minimum absolute atomic E-state index is 0. The first-order valence-corrected chi connectivity index (χ1v) is 13.6. The molecule has 1 saturated heterocycles. The average Bonchev–Trinajstić information content (AvgIpc) is 3.27. The number of likely N-dealkylation sites (N-methyl/N-ethyl adjacent to an activating group) is 1. The fourth-order valence-electron chi connectivity index (χ4n) is 4.56. The van der Waals surface area contributed by atoms with E-state index in [2.05, 4.69) is 20.2 Å². The van der Waals surface area contributed by atoms with Gasteiger partial charge in [-0.1, -0.05) is 18.2 Å². The zero-order valence-electron chi connectivity index (χ0n) is 21.5. The normalized spacial score (nSPS) is 14.6. The number of halogens is 1. The standard InChI is InChI=1S/C27H29N5O5S.ClH/c1-31-11-13-32(14-12-31)38(35,36)20-8-10-23(28-17-20)25-21-15-18(7-9-22(21)30-27(25)34)26(33)29-16-19-5-3-4-6-24(19)37-2;/h3-10,15,17,30,34H,11-14,16H2,1-2H3,(H,29,33);1H. The number of H-pyrrole nitrogens is 1. The Hall–Kier alpha value is -3.64. The molecule has 4 aromatic rings. The summed E-state index contributed by atoms with van der Waals surface area (Å²) in [7, 11) is -0.122. The van der Waals surface area contributed by atoms with Crippen LogP contribution in [-0.4, -0.2) is 78.9 Å². The summed E-state index contributed by atoms with van der Waals surface area (Å²) >= 11 is 0. The molecule has 10 nitrogen and oxygen atoms in total. The Morgan fingerprint density at radius 3 is 2.54 bits per heavy atom. The van der Waals surface area contributed by atoms with Crippen molar-refractivity contribution >= 4 is 39.2 Å². The highest BCUT2D eigenvalue weighted by atomic mass is 35.5. The van der Waals surface area contributed by atoms with E-state index in [1.165, 1.54) is 16.6 Å². The van der Waals surface area contributed by atoms with Crippen LogP contribution >= 0.6 is 12.4 Å². The largest absolute Gasteiger partial charge is 0.496 e. The van der Waals surface area contributed by atoms with Gasteiger partial charge in [0, 0.05) is 61.0 Å². The quantitative estimate of drug-likeness (QED) is 0.311. The topological polar surface area (TPSA) is 128 Å². The van der Waals surface area contributed by atoms with Gasteiger partial charge in [-0.25, -0.2) is 8.42 Å². The SMILES string of the molecule is COc1ccccc1CNC(=O)c1ccc2[nH]c(O)c(-c3ccc(S(=O)(=O)N4CCN(C)CC4)cn3)c2c1.Cl. The van der Waals surface area contributed by atoms with Crippen LogP contribution in [0.1, 0.15) is 15.9 Å². The van der Waals surface area contributed by atoms with Gasteiger partial charge in [-0.2, -0.15) is 4.31 Å². The molecule has 1 amide bonds.